The van der Waals surface area contributed by atoms with Crippen LogP contribution in [0.25, 0.3) is 0 Å². The first-order chi connectivity index (χ1) is 12.1. The molecule has 6 nitrogen and oxygen atoms in total. The zero-order valence-corrected chi connectivity index (χ0v) is 14.3. The highest BCUT2D eigenvalue weighted by molar-refractivity contribution is 5.89. The Morgan fingerprint density at radius 3 is 2.68 bits per heavy atom. The van der Waals surface area contributed by atoms with Crippen molar-refractivity contribution < 1.29 is 4.79 Å². The number of aromatic nitrogens is 3. The van der Waals surface area contributed by atoms with Gasteiger partial charge >= 0.3 is 6.03 Å². The molecule has 6 heteroatoms. The fourth-order valence-electron chi connectivity index (χ4n) is 2.49. The zero-order chi connectivity index (χ0) is 17.6. The second-order valence-electron chi connectivity index (χ2n) is 5.88. The first kappa shape index (κ1) is 16.7. The minimum absolute atomic E-state index is 0.124. The topological polar surface area (TPSA) is 63.1 Å². The second kappa shape index (κ2) is 7.61. The molecule has 0 bridgehead atoms. The number of benzene rings is 1. The summed E-state index contributed by atoms with van der Waals surface area (Å²) in [6.07, 6.45) is 5.20. The van der Waals surface area contributed by atoms with Gasteiger partial charge in [-0.1, -0.05) is 36.4 Å². The number of urea groups is 1. The van der Waals surface area contributed by atoms with E-state index in [1.807, 2.05) is 61.7 Å². The highest BCUT2D eigenvalue weighted by Crippen LogP contribution is 2.17. The summed E-state index contributed by atoms with van der Waals surface area (Å²) >= 11 is 0. The molecule has 0 saturated carbocycles. The lowest BCUT2D eigenvalue weighted by atomic mass is 10.2. The van der Waals surface area contributed by atoms with Gasteiger partial charge in [-0.3, -0.25) is 9.67 Å². The van der Waals surface area contributed by atoms with E-state index in [1.165, 1.54) is 0 Å². The van der Waals surface area contributed by atoms with Crippen molar-refractivity contribution in [2.24, 2.45) is 0 Å². The molecule has 0 unspecified atom stereocenters. The molecule has 2 aromatic heterocycles. The number of pyridine rings is 1. The monoisotopic (exact) mass is 335 g/mol. The van der Waals surface area contributed by atoms with Crippen molar-refractivity contribution in [1.82, 2.24) is 19.7 Å². The molecule has 2 amide bonds. The highest BCUT2D eigenvalue weighted by Gasteiger charge is 2.18. The normalized spacial score (nSPS) is 11.8. The van der Waals surface area contributed by atoms with Crippen LogP contribution in [0.4, 0.5) is 10.5 Å². The molecule has 25 heavy (non-hydrogen) atoms. The molecule has 0 radical (unpaired) electrons. The summed E-state index contributed by atoms with van der Waals surface area (Å²) in [7, 11) is 1.75. The molecule has 0 aliphatic carbocycles. The summed E-state index contributed by atoms with van der Waals surface area (Å²) in [6.45, 7) is 2.61. The minimum Gasteiger partial charge on any atom is -0.319 e. The van der Waals surface area contributed by atoms with Gasteiger partial charge in [-0.05, 0) is 24.6 Å². The largest absolute Gasteiger partial charge is 0.322 e. The van der Waals surface area contributed by atoms with Crippen molar-refractivity contribution in [2.75, 3.05) is 12.4 Å². The van der Waals surface area contributed by atoms with E-state index < -0.39 is 0 Å². The third-order valence-corrected chi connectivity index (χ3v) is 4.09. The number of hydrogen-bond acceptors (Lipinski definition) is 3. The van der Waals surface area contributed by atoms with Gasteiger partial charge in [-0.25, -0.2) is 4.79 Å². The predicted molar refractivity (Wildman–Crippen MR) is 97.2 cm³/mol. The van der Waals surface area contributed by atoms with Crippen LogP contribution < -0.4 is 5.32 Å². The lowest BCUT2D eigenvalue weighted by molar-refractivity contribution is 0.207. The Kier molecular flexibility index (Phi) is 5.09. The van der Waals surface area contributed by atoms with Crippen molar-refractivity contribution in [2.45, 2.75) is 19.5 Å². The number of amides is 2. The van der Waals surface area contributed by atoms with Crippen LogP contribution in [0.3, 0.4) is 0 Å². The third kappa shape index (κ3) is 4.23. The zero-order valence-electron chi connectivity index (χ0n) is 14.3. The molecule has 3 rings (SSSR count). The molecule has 3 aromatic rings. The first-order valence-corrected chi connectivity index (χ1v) is 8.14. The van der Waals surface area contributed by atoms with E-state index in [0.717, 1.165) is 11.3 Å². The fraction of sp³-hybridized carbons (Fsp3) is 0.211. The number of anilines is 1. The van der Waals surface area contributed by atoms with Gasteiger partial charge in [0.05, 0.1) is 30.2 Å². The summed E-state index contributed by atoms with van der Waals surface area (Å²) in [4.78, 5) is 18.4. The van der Waals surface area contributed by atoms with Gasteiger partial charge in [0.2, 0.25) is 0 Å². The van der Waals surface area contributed by atoms with E-state index in [2.05, 4.69) is 15.4 Å². The Bertz CT molecular complexity index is 816. The smallest absolute Gasteiger partial charge is 0.319 e. The van der Waals surface area contributed by atoms with E-state index in [4.69, 9.17) is 0 Å². The van der Waals surface area contributed by atoms with Gasteiger partial charge in [0.25, 0.3) is 0 Å². The van der Waals surface area contributed by atoms with Crippen LogP contribution in [0.5, 0.6) is 0 Å². The number of rotatable bonds is 5. The van der Waals surface area contributed by atoms with Crippen LogP contribution >= 0.6 is 0 Å². The summed E-state index contributed by atoms with van der Waals surface area (Å²) in [5.41, 5.74) is 2.67. The van der Waals surface area contributed by atoms with Gasteiger partial charge in [-0.2, -0.15) is 5.10 Å². The van der Waals surface area contributed by atoms with Crippen LogP contribution in [0.1, 0.15) is 24.2 Å². The fourth-order valence-corrected chi connectivity index (χ4v) is 2.49. The molecule has 0 aliphatic rings. The molecule has 128 valence electrons. The number of carbonyl (C=O) groups excluding carboxylic acids is 1. The summed E-state index contributed by atoms with van der Waals surface area (Å²) < 4.78 is 1.80. The third-order valence-electron chi connectivity index (χ3n) is 4.09. The molecule has 2 heterocycles. The van der Waals surface area contributed by atoms with Crippen molar-refractivity contribution in [3.05, 3.63) is 78.4 Å². The second-order valence-corrected chi connectivity index (χ2v) is 5.88. The lowest BCUT2D eigenvalue weighted by Gasteiger charge is -2.24. The average molecular weight is 335 g/mol. The van der Waals surface area contributed by atoms with Gasteiger partial charge in [-0.15, -0.1) is 0 Å². The van der Waals surface area contributed by atoms with Crippen molar-refractivity contribution in [1.29, 1.82) is 0 Å². The molecule has 0 aliphatic heterocycles. The standard InChI is InChI=1S/C19H21N5O/c1-15(18-10-6-7-11-20-18)23(2)19(25)22-17-12-21-24(14-17)13-16-8-4-3-5-9-16/h3-12,14-15H,13H2,1-2H3,(H,22,25)/t15-/m1/s1. The van der Waals surface area contributed by atoms with Crippen molar-refractivity contribution >= 4 is 11.7 Å². The quantitative estimate of drug-likeness (QED) is 0.775. The number of nitrogens with zero attached hydrogens (tertiary/aromatic N) is 4. The van der Waals surface area contributed by atoms with Crippen LogP contribution in [0.2, 0.25) is 0 Å². The van der Waals surface area contributed by atoms with Crippen LogP contribution in [0.15, 0.2) is 67.1 Å². The minimum atomic E-state index is -0.197. The van der Waals surface area contributed by atoms with E-state index >= 15 is 0 Å². The molecular formula is C19H21N5O. The Balaban J connectivity index is 1.61. The number of hydrogen-bond donors (Lipinski definition) is 1. The maximum Gasteiger partial charge on any atom is 0.322 e. The first-order valence-electron chi connectivity index (χ1n) is 8.14. The molecule has 0 saturated heterocycles. The Hall–Kier alpha value is -3.15. The average Bonchev–Trinajstić information content (AvgIpc) is 3.08. The van der Waals surface area contributed by atoms with Crippen molar-refractivity contribution in [3.63, 3.8) is 0 Å². The van der Waals surface area contributed by atoms with Gasteiger partial charge in [0, 0.05) is 19.4 Å². The SMILES string of the molecule is C[C@H](c1ccccn1)N(C)C(=O)Nc1cnn(Cc2ccccc2)c1. The molecule has 0 spiro atoms. The summed E-state index contributed by atoms with van der Waals surface area (Å²) in [5.74, 6) is 0. The Morgan fingerprint density at radius 1 is 1.20 bits per heavy atom. The number of nitrogens with one attached hydrogen (secondary N) is 1. The Morgan fingerprint density at radius 2 is 1.96 bits per heavy atom. The molecule has 1 N–H and O–H groups in total. The van der Waals surface area contributed by atoms with Crippen LogP contribution in [0, 0.1) is 0 Å². The van der Waals surface area contributed by atoms with E-state index in [1.54, 1.807) is 29.0 Å². The van der Waals surface area contributed by atoms with E-state index in [9.17, 15) is 4.79 Å². The lowest BCUT2D eigenvalue weighted by Crippen LogP contribution is -2.33. The molecule has 0 fully saturated rings. The van der Waals surface area contributed by atoms with Crippen LogP contribution in [-0.4, -0.2) is 32.7 Å². The van der Waals surface area contributed by atoms with Gasteiger partial charge in [0.1, 0.15) is 0 Å². The van der Waals surface area contributed by atoms with Gasteiger partial charge < -0.3 is 10.2 Å². The molecular weight excluding hydrogens is 314 g/mol. The van der Waals surface area contributed by atoms with Crippen molar-refractivity contribution in [3.8, 4) is 0 Å². The van der Waals surface area contributed by atoms with E-state index in [0.29, 0.717) is 12.2 Å². The van der Waals surface area contributed by atoms with E-state index in [-0.39, 0.29) is 12.1 Å². The molecule has 1 atom stereocenters. The predicted octanol–water partition coefficient (Wildman–Crippen LogP) is 3.55. The van der Waals surface area contributed by atoms with Gasteiger partial charge in [0.15, 0.2) is 0 Å². The molecule has 1 aromatic carbocycles. The maximum absolute atomic E-state index is 12.4. The number of carbonyl (C=O) groups is 1. The summed E-state index contributed by atoms with van der Waals surface area (Å²) in [6, 6.07) is 15.4. The van der Waals surface area contributed by atoms with Crippen LogP contribution in [-0.2, 0) is 6.54 Å². The highest BCUT2D eigenvalue weighted by atomic mass is 16.2. The maximum atomic E-state index is 12.4. The Labute approximate surface area is 147 Å². The summed E-state index contributed by atoms with van der Waals surface area (Å²) in [5, 5.41) is 7.17.